The average Bonchev–Trinajstić information content (AvgIpc) is 2.76. The predicted octanol–water partition coefficient (Wildman–Crippen LogP) is 4.38. The number of nitrogens with one attached hydrogen (secondary N) is 1. The molecule has 1 amide bonds. The van der Waals surface area contributed by atoms with Crippen LogP contribution in [-0.2, 0) is 11.2 Å². The summed E-state index contributed by atoms with van der Waals surface area (Å²) < 4.78 is 60.3. The zero-order valence-corrected chi connectivity index (χ0v) is 17.5. The molecule has 0 spiro atoms. The maximum Gasteiger partial charge on any atom is 0.426 e. The highest BCUT2D eigenvalue weighted by atomic mass is 19.4. The van der Waals surface area contributed by atoms with Crippen LogP contribution in [-0.4, -0.2) is 27.9 Å². The van der Waals surface area contributed by atoms with Crippen molar-refractivity contribution < 1.29 is 32.0 Å². The van der Waals surface area contributed by atoms with Gasteiger partial charge in [0, 0.05) is 17.5 Å². The molecule has 1 aliphatic rings. The van der Waals surface area contributed by atoms with E-state index in [0.717, 1.165) is 0 Å². The van der Waals surface area contributed by atoms with Gasteiger partial charge < -0.3 is 14.9 Å². The van der Waals surface area contributed by atoms with Crippen LogP contribution in [0.1, 0.15) is 42.0 Å². The number of alkyl halides is 3. The maximum absolute atomic E-state index is 14.0. The van der Waals surface area contributed by atoms with Crippen molar-refractivity contribution in [3.8, 4) is 0 Å². The summed E-state index contributed by atoms with van der Waals surface area (Å²) in [7, 11) is 0. The van der Waals surface area contributed by atoms with Gasteiger partial charge >= 0.3 is 11.8 Å². The van der Waals surface area contributed by atoms with E-state index in [0.29, 0.717) is 29.7 Å². The predicted molar refractivity (Wildman–Crippen MR) is 111 cm³/mol. The van der Waals surface area contributed by atoms with Crippen LogP contribution in [0, 0.1) is 12.7 Å². The molecule has 1 aromatic heterocycles. The Bertz CT molecular complexity index is 1290. The molecule has 10 heteroatoms. The third-order valence-corrected chi connectivity index (χ3v) is 6.09. The number of amides is 1. The Hall–Kier alpha value is -3.27. The number of anilines is 1. The molecule has 2 unspecified atom stereocenters. The summed E-state index contributed by atoms with van der Waals surface area (Å²) in [6.45, 7) is 1.53. The van der Waals surface area contributed by atoms with Crippen molar-refractivity contribution in [1.82, 2.24) is 5.16 Å². The van der Waals surface area contributed by atoms with Crippen molar-refractivity contribution in [1.29, 1.82) is 0 Å². The summed E-state index contributed by atoms with van der Waals surface area (Å²) >= 11 is 0. The summed E-state index contributed by atoms with van der Waals surface area (Å²) in [6, 6.07) is 7.73. The summed E-state index contributed by atoms with van der Waals surface area (Å²) in [5.74, 6) is -3.11. The van der Waals surface area contributed by atoms with E-state index >= 15 is 0 Å². The Morgan fingerprint density at radius 2 is 1.97 bits per heavy atom. The molecule has 1 aliphatic carbocycles. The van der Waals surface area contributed by atoms with Crippen molar-refractivity contribution >= 4 is 22.4 Å². The summed E-state index contributed by atoms with van der Waals surface area (Å²) in [5, 5.41) is 16.7. The van der Waals surface area contributed by atoms with Gasteiger partial charge in [0.05, 0.1) is 11.1 Å². The normalized spacial score (nSPS) is 17.9. The van der Waals surface area contributed by atoms with E-state index in [-0.39, 0.29) is 22.9 Å². The van der Waals surface area contributed by atoms with Crippen molar-refractivity contribution in [2.75, 3.05) is 5.32 Å². The Balaban J connectivity index is 1.66. The van der Waals surface area contributed by atoms with E-state index in [1.807, 2.05) is 0 Å². The van der Waals surface area contributed by atoms with Gasteiger partial charge in [0.2, 0.25) is 5.60 Å². The number of nitrogens with zero attached hydrogens (tertiary/aromatic N) is 1. The summed E-state index contributed by atoms with van der Waals surface area (Å²) in [4.78, 5) is 24.5. The van der Waals surface area contributed by atoms with Crippen molar-refractivity contribution in [2.24, 2.45) is 0 Å². The number of halogens is 4. The molecule has 33 heavy (non-hydrogen) atoms. The van der Waals surface area contributed by atoms with Crippen molar-refractivity contribution in [3.05, 3.63) is 69.5 Å². The minimum Gasteiger partial charge on any atom is -0.373 e. The average molecular weight is 464 g/mol. The van der Waals surface area contributed by atoms with Gasteiger partial charge in [-0.05, 0) is 73.6 Å². The Morgan fingerprint density at radius 1 is 1.21 bits per heavy atom. The van der Waals surface area contributed by atoms with E-state index in [1.54, 1.807) is 0 Å². The first-order chi connectivity index (χ1) is 15.5. The molecular formula is C23H20F4N2O4. The number of aryl methyl sites for hydroxylation is 2. The zero-order valence-electron chi connectivity index (χ0n) is 17.5. The molecule has 0 fully saturated rings. The molecule has 0 aliphatic heterocycles. The minimum atomic E-state index is -5.28. The highest BCUT2D eigenvalue weighted by Crippen LogP contribution is 2.43. The number of aromatic nitrogens is 1. The van der Waals surface area contributed by atoms with Gasteiger partial charge in [-0.15, -0.1) is 0 Å². The molecule has 2 aromatic carbocycles. The van der Waals surface area contributed by atoms with E-state index < -0.39 is 41.5 Å². The fourth-order valence-corrected chi connectivity index (χ4v) is 4.32. The van der Waals surface area contributed by atoms with Crippen molar-refractivity contribution in [3.63, 3.8) is 0 Å². The first-order valence-electron chi connectivity index (χ1n) is 10.3. The molecular weight excluding hydrogens is 444 g/mol. The largest absolute Gasteiger partial charge is 0.426 e. The Kier molecular flexibility index (Phi) is 5.73. The molecule has 0 saturated carbocycles. The molecule has 0 saturated heterocycles. The molecule has 3 aromatic rings. The highest BCUT2D eigenvalue weighted by molar-refractivity contribution is 5.99. The standard InChI is InChI=1S/C23H20F4N2O4/c1-12-18-10-16(7-8-17(18)20(30)33-29-12)28-21(31)22(32,23(25,26)27)11-14-4-2-3-13-5-6-15(24)9-19(13)14/h5-10,14,32H,2-4,11H2,1H3,(H,28,31). The summed E-state index contributed by atoms with van der Waals surface area (Å²) in [6.07, 6.45) is -4.81. The molecule has 4 rings (SSSR count). The fraction of sp³-hybridized carbons (Fsp3) is 0.348. The second kappa shape index (κ2) is 8.26. The molecule has 0 radical (unpaired) electrons. The molecule has 174 valence electrons. The second-order valence-electron chi connectivity index (χ2n) is 8.26. The second-order valence-corrected chi connectivity index (χ2v) is 8.26. The summed E-state index contributed by atoms with van der Waals surface area (Å²) in [5.41, 5.74) is -3.13. The van der Waals surface area contributed by atoms with Gasteiger partial charge in [-0.2, -0.15) is 13.2 Å². The van der Waals surface area contributed by atoms with Gasteiger partial charge in [0.15, 0.2) is 0 Å². The van der Waals surface area contributed by atoms with Crippen molar-refractivity contribution in [2.45, 2.75) is 50.3 Å². The number of carbonyl (C=O) groups excluding carboxylic acids is 1. The van der Waals surface area contributed by atoms with Crippen LogP contribution >= 0.6 is 0 Å². The monoisotopic (exact) mass is 464 g/mol. The SMILES string of the molecule is Cc1noc(=O)c2ccc(NC(=O)C(O)(CC3CCCc4ccc(F)cc43)C(F)(F)F)cc12. The van der Waals surface area contributed by atoms with Crippen LogP contribution < -0.4 is 10.9 Å². The number of rotatable bonds is 4. The van der Waals surface area contributed by atoms with Gasteiger partial charge in [0.1, 0.15) is 5.82 Å². The number of fused-ring (bicyclic) bond motifs is 2. The zero-order chi connectivity index (χ0) is 24.0. The highest BCUT2D eigenvalue weighted by Gasteiger charge is 2.60. The van der Waals surface area contributed by atoms with E-state index in [9.17, 15) is 32.3 Å². The Labute approximate surface area is 185 Å². The number of aliphatic hydroxyl groups is 1. The van der Waals surface area contributed by atoms with Gasteiger partial charge in [-0.25, -0.2) is 9.18 Å². The maximum atomic E-state index is 14.0. The third-order valence-electron chi connectivity index (χ3n) is 6.09. The first-order valence-corrected chi connectivity index (χ1v) is 10.3. The molecule has 0 bridgehead atoms. The van der Waals surface area contributed by atoms with E-state index in [1.165, 1.54) is 43.3 Å². The lowest BCUT2D eigenvalue weighted by atomic mass is 9.76. The lowest BCUT2D eigenvalue weighted by Gasteiger charge is -2.35. The molecule has 2 N–H and O–H groups in total. The number of carbonyl (C=O) groups is 1. The first kappa shape index (κ1) is 22.9. The van der Waals surface area contributed by atoms with E-state index in [4.69, 9.17) is 0 Å². The molecule has 6 nitrogen and oxygen atoms in total. The quantitative estimate of drug-likeness (QED) is 0.560. The minimum absolute atomic E-state index is 0.0548. The van der Waals surface area contributed by atoms with Gasteiger partial charge in [-0.1, -0.05) is 11.2 Å². The lowest BCUT2D eigenvalue weighted by molar-refractivity contribution is -0.252. The van der Waals surface area contributed by atoms with Crippen LogP contribution in [0.5, 0.6) is 0 Å². The van der Waals surface area contributed by atoms with Crippen LogP contribution in [0.2, 0.25) is 0 Å². The van der Waals surface area contributed by atoms with Crippen LogP contribution in [0.15, 0.2) is 45.7 Å². The molecule has 1 heterocycles. The number of hydrogen-bond donors (Lipinski definition) is 2. The number of benzene rings is 2. The fourth-order valence-electron chi connectivity index (χ4n) is 4.32. The third kappa shape index (κ3) is 4.22. The Morgan fingerprint density at radius 3 is 2.70 bits per heavy atom. The topological polar surface area (TPSA) is 92.4 Å². The van der Waals surface area contributed by atoms with Gasteiger partial charge in [0.25, 0.3) is 5.91 Å². The van der Waals surface area contributed by atoms with Crippen LogP contribution in [0.25, 0.3) is 10.8 Å². The van der Waals surface area contributed by atoms with Crippen LogP contribution in [0.4, 0.5) is 23.2 Å². The van der Waals surface area contributed by atoms with E-state index in [2.05, 4.69) is 15.0 Å². The van der Waals surface area contributed by atoms with Gasteiger partial charge in [-0.3, -0.25) is 4.79 Å². The smallest absolute Gasteiger partial charge is 0.373 e. The molecule has 2 atom stereocenters. The lowest BCUT2D eigenvalue weighted by Crippen LogP contribution is -2.55. The number of hydrogen-bond acceptors (Lipinski definition) is 5. The van der Waals surface area contributed by atoms with Crippen LogP contribution in [0.3, 0.4) is 0 Å².